The van der Waals surface area contributed by atoms with Gasteiger partial charge < -0.3 is 19.6 Å². The van der Waals surface area contributed by atoms with Crippen molar-refractivity contribution in [3.05, 3.63) is 18.2 Å². The van der Waals surface area contributed by atoms with Crippen LogP contribution in [0, 0.1) is 5.92 Å². The molecule has 1 aromatic carbocycles. The van der Waals surface area contributed by atoms with E-state index >= 15 is 0 Å². The average Bonchev–Trinajstić information content (AvgIpc) is 2.42. The molecule has 0 fully saturated rings. The van der Waals surface area contributed by atoms with Crippen molar-refractivity contribution in [2.75, 3.05) is 37.0 Å². The molecule has 6 heteroatoms. The number of hydrogen-bond donors (Lipinski definition) is 1. The highest BCUT2D eigenvalue weighted by Gasteiger charge is 2.23. The first-order valence-corrected chi connectivity index (χ1v) is 6.37. The Morgan fingerprint density at radius 2 is 2.25 bits per heavy atom. The molecule has 1 heterocycles. The number of rotatable bonds is 4. The maximum Gasteiger partial charge on any atom is 0.308 e. The minimum Gasteiger partial charge on any atom is -0.481 e. The van der Waals surface area contributed by atoms with Gasteiger partial charge in [-0.1, -0.05) is 6.92 Å². The second kappa shape index (κ2) is 5.40. The number of hydrogen-bond acceptors (Lipinski definition) is 4. The Labute approximate surface area is 117 Å². The molecule has 1 amide bonds. The predicted molar refractivity (Wildman–Crippen MR) is 75.4 cm³/mol. The summed E-state index contributed by atoms with van der Waals surface area (Å²) in [7, 11) is 3.54. The number of benzene rings is 1. The van der Waals surface area contributed by atoms with Crippen LogP contribution in [0.2, 0.25) is 0 Å². The smallest absolute Gasteiger partial charge is 0.308 e. The summed E-state index contributed by atoms with van der Waals surface area (Å²) >= 11 is 0. The summed E-state index contributed by atoms with van der Waals surface area (Å²) < 4.78 is 5.42. The molecule has 1 aliphatic heterocycles. The molecule has 1 atom stereocenters. The second-order valence-electron chi connectivity index (χ2n) is 5.01. The van der Waals surface area contributed by atoms with Gasteiger partial charge in [0.05, 0.1) is 11.6 Å². The van der Waals surface area contributed by atoms with Crippen LogP contribution in [0.15, 0.2) is 18.2 Å². The number of likely N-dealkylation sites (N-methyl/N-ethyl adjacent to an activating group) is 1. The zero-order chi connectivity index (χ0) is 14.9. The molecule has 20 heavy (non-hydrogen) atoms. The summed E-state index contributed by atoms with van der Waals surface area (Å²) in [5.41, 5.74) is 1.59. The molecule has 2 rings (SSSR count). The highest BCUT2D eigenvalue weighted by Crippen LogP contribution is 2.34. The first-order valence-electron chi connectivity index (χ1n) is 6.37. The topological polar surface area (TPSA) is 70.1 Å². The van der Waals surface area contributed by atoms with Gasteiger partial charge in [0.2, 0.25) is 0 Å². The SMILES string of the molecule is CC(CN(C)c1ccc2c(c1)OCC(=O)N2C)C(=O)O. The molecule has 6 nitrogen and oxygen atoms in total. The number of fused-ring (bicyclic) bond motifs is 1. The number of carbonyl (C=O) groups excluding carboxylic acids is 1. The highest BCUT2D eigenvalue weighted by molar-refractivity contribution is 5.97. The Kier molecular flexibility index (Phi) is 3.83. The van der Waals surface area contributed by atoms with E-state index in [1.54, 1.807) is 18.9 Å². The summed E-state index contributed by atoms with van der Waals surface area (Å²) in [6, 6.07) is 5.49. The van der Waals surface area contributed by atoms with Crippen molar-refractivity contribution in [2.24, 2.45) is 5.92 Å². The Balaban J connectivity index is 2.19. The van der Waals surface area contributed by atoms with Crippen LogP contribution < -0.4 is 14.5 Å². The van der Waals surface area contributed by atoms with Crippen molar-refractivity contribution in [1.82, 2.24) is 0 Å². The lowest BCUT2D eigenvalue weighted by molar-refractivity contribution is -0.140. The van der Waals surface area contributed by atoms with Gasteiger partial charge in [-0.15, -0.1) is 0 Å². The summed E-state index contributed by atoms with van der Waals surface area (Å²) in [4.78, 5) is 25.8. The Bertz CT molecular complexity index is 544. The van der Waals surface area contributed by atoms with Crippen LogP contribution in [-0.2, 0) is 9.59 Å². The fourth-order valence-electron chi connectivity index (χ4n) is 2.10. The number of carbonyl (C=O) groups is 2. The lowest BCUT2D eigenvalue weighted by atomic mass is 10.1. The zero-order valence-electron chi connectivity index (χ0n) is 11.8. The van der Waals surface area contributed by atoms with Crippen molar-refractivity contribution in [3.63, 3.8) is 0 Å². The predicted octanol–water partition coefficient (Wildman–Crippen LogP) is 1.20. The first kappa shape index (κ1) is 14.2. The van der Waals surface area contributed by atoms with Crippen LogP contribution >= 0.6 is 0 Å². The van der Waals surface area contributed by atoms with Gasteiger partial charge >= 0.3 is 5.97 Å². The van der Waals surface area contributed by atoms with Gasteiger partial charge in [-0.05, 0) is 12.1 Å². The molecule has 0 radical (unpaired) electrons. The van der Waals surface area contributed by atoms with Gasteiger partial charge in [-0.3, -0.25) is 9.59 Å². The molecule has 0 bridgehead atoms. The molecule has 1 aromatic rings. The molecule has 1 N–H and O–H groups in total. The van der Waals surface area contributed by atoms with Crippen molar-refractivity contribution in [3.8, 4) is 5.75 Å². The van der Waals surface area contributed by atoms with Crippen molar-refractivity contribution in [1.29, 1.82) is 0 Å². The van der Waals surface area contributed by atoms with Gasteiger partial charge in [0.15, 0.2) is 6.61 Å². The fourth-order valence-corrected chi connectivity index (χ4v) is 2.10. The van der Waals surface area contributed by atoms with E-state index in [9.17, 15) is 9.59 Å². The van der Waals surface area contributed by atoms with E-state index in [4.69, 9.17) is 9.84 Å². The molecule has 0 spiro atoms. The van der Waals surface area contributed by atoms with Crippen LogP contribution in [0.3, 0.4) is 0 Å². The van der Waals surface area contributed by atoms with Gasteiger partial charge in [0.1, 0.15) is 5.75 Å². The van der Waals surface area contributed by atoms with Crippen molar-refractivity contribution in [2.45, 2.75) is 6.92 Å². The molecule has 1 aliphatic rings. The maximum atomic E-state index is 11.5. The molecule has 108 valence electrons. The number of carboxylic acid groups (broad SMARTS) is 1. The quantitative estimate of drug-likeness (QED) is 0.896. The number of nitrogens with zero attached hydrogens (tertiary/aromatic N) is 2. The summed E-state index contributed by atoms with van der Waals surface area (Å²) in [5, 5.41) is 8.94. The number of anilines is 2. The number of ether oxygens (including phenoxy) is 1. The standard InChI is InChI=1S/C14H18N2O4/c1-9(14(18)19)7-15(2)10-4-5-11-12(6-10)20-8-13(17)16(11)3/h4-6,9H,7-8H2,1-3H3,(H,18,19). The molecule has 0 aromatic heterocycles. The van der Waals surface area contributed by atoms with Gasteiger partial charge in [0.25, 0.3) is 5.91 Å². The van der Waals surface area contributed by atoms with E-state index in [1.165, 1.54) is 0 Å². The van der Waals surface area contributed by atoms with E-state index in [-0.39, 0.29) is 12.5 Å². The number of carboxylic acids is 1. The van der Waals surface area contributed by atoms with Gasteiger partial charge in [0, 0.05) is 32.4 Å². The Morgan fingerprint density at radius 3 is 2.90 bits per heavy atom. The summed E-state index contributed by atoms with van der Waals surface area (Å²) in [5.74, 6) is -0.727. The van der Waals surface area contributed by atoms with E-state index in [2.05, 4.69) is 0 Å². The third-order valence-corrected chi connectivity index (χ3v) is 3.44. The lowest BCUT2D eigenvalue weighted by Gasteiger charge is -2.28. The van der Waals surface area contributed by atoms with E-state index in [1.807, 2.05) is 30.1 Å². The van der Waals surface area contributed by atoms with Crippen molar-refractivity contribution >= 4 is 23.3 Å². The molecule has 1 unspecified atom stereocenters. The summed E-state index contributed by atoms with van der Waals surface area (Å²) in [6.45, 7) is 2.10. The monoisotopic (exact) mass is 278 g/mol. The Hall–Kier alpha value is -2.24. The average molecular weight is 278 g/mol. The first-order chi connectivity index (χ1) is 9.40. The van der Waals surface area contributed by atoms with E-state index < -0.39 is 11.9 Å². The third kappa shape index (κ3) is 2.68. The normalized spacial score (nSPS) is 15.3. The zero-order valence-corrected chi connectivity index (χ0v) is 11.8. The molecule has 0 saturated heterocycles. The summed E-state index contributed by atoms with van der Waals surface area (Å²) in [6.07, 6.45) is 0. The van der Waals surface area contributed by atoms with E-state index in [0.29, 0.717) is 12.3 Å². The lowest BCUT2D eigenvalue weighted by Crippen LogP contribution is -2.35. The molecule has 0 aliphatic carbocycles. The molecular weight excluding hydrogens is 260 g/mol. The van der Waals surface area contributed by atoms with Crippen molar-refractivity contribution < 1.29 is 19.4 Å². The number of aliphatic carboxylic acids is 1. The maximum absolute atomic E-state index is 11.5. The Morgan fingerprint density at radius 1 is 1.55 bits per heavy atom. The minimum atomic E-state index is -0.823. The van der Waals surface area contributed by atoms with Crippen LogP contribution in [0.25, 0.3) is 0 Å². The largest absolute Gasteiger partial charge is 0.481 e. The second-order valence-corrected chi connectivity index (χ2v) is 5.01. The molecule has 0 saturated carbocycles. The van der Waals surface area contributed by atoms with Crippen LogP contribution in [0.1, 0.15) is 6.92 Å². The van der Waals surface area contributed by atoms with E-state index in [0.717, 1.165) is 11.4 Å². The van der Waals surface area contributed by atoms with Crippen LogP contribution in [0.5, 0.6) is 5.75 Å². The third-order valence-electron chi connectivity index (χ3n) is 3.44. The minimum absolute atomic E-state index is 0.0300. The van der Waals surface area contributed by atoms with Gasteiger partial charge in [-0.2, -0.15) is 0 Å². The van der Waals surface area contributed by atoms with Gasteiger partial charge in [-0.25, -0.2) is 0 Å². The van der Waals surface area contributed by atoms with Crippen LogP contribution in [0.4, 0.5) is 11.4 Å². The number of amides is 1. The highest BCUT2D eigenvalue weighted by atomic mass is 16.5. The molecular formula is C14H18N2O4. The van der Waals surface area contributed by atoms with Crippen LogP contribution in [-0.4, -0.2) is 44.2 Å². The fraction of sp³-hybridized carbons (Fsp3) is 0.429.